The maximum absolute atomic E-state index is 15.7. The molecule has 3 heteroatoms. The Kier molecular flexibility index (Phi) is 8.23. The van der Waals surface area contributed by atoms with Crippen molar-refractivity contribution in [1.29, 1.82) is 0 Å². The fraction of sp³-hybridized carbons (Fsp3) is 0.167. The second-order valence-corrected chi connectivity index (χ2v) is 15.1. The van der Waals surface area contributed by atoms with Crippen LogP contribution >= 0.6 is 0 Å². The minimum Gasteiger partial charge on any atom is -0.228 e. The van der Waals surface area contributed by atoms with Crippen LogP contribution in [0.1, 0.15) is 51.7 Å². The van der Waals surface area contributed by atoms with Gasteiger partial charge < -0.3 is 0 Å². The Morgan fingerprint density at radius 3 is 1.37 bits per heavy atom. The molecular weight excluding hydrogens is 624 g/mol. The van der Waals surface area contributed by atoms with Crippen molar-refractivity contribution >= 4 is 0 Å². The summed E-state index contributed by atoms with van der Waals surface area (Å²) in [6.07, 6.45) is 2.27. The summed E-state index contributed by atoms with van der Waals surface area (Å²) >= 11 is 0. The van der Waals surface area contributed by atoms with E-state index in [0.29, 0.717) is 17.1 Å². The van der Waals surface area contributed by atoms with Gasteiger partial charge in [0.05, 0.1) is 11.4 Å². The Balaban J connectivity index is 1.30. The second kappa shape index (κ2) is 12.9. The summed E-state index contributed by atoms with van der Waals surface area (Å²) in [6, 6.07) is 51.5. The van der Waals surface area contributed by atoms with Gasteiger partial charge >= 0.3 is 0 Å². The average molecular weight is 665 g/mol. The first-order valence-electron chi connectivity index (χ1n) is 17.8. The molecule has 1 aliphatic rings. The molecule has 0 bridgehead atoms. The highest BCUT2D eigenvalue weighted by atomic mass is 19.1. The number of halogens is 1. The van der Waals surface area contributed by atoms with Gasteiger partial charge in [-0.25, -0.2) is 14.4 Å². The van der Waals surface area contributed by atoms with Crippen LogP contribution in [0.2, 0.25) is 0 Å². The van der Waals surface area contributed by atoms with E-state index in [9.17, 15) is 0 Å². The van der Waals surface area contributed by atoms with E-state index in [1.165, 1.54) is 11.1 Å². The standard InChI is InChI=1S/C48H41FN2/c1-47(2)22-23-48(3,4)43-30-35(20-21-42(43)47)38-27-40(29-41(49)28-38)45-31-44(50-46(51-45)34-18-12-7-13-19-34)39-25-36(32-14-8-5-9-15-32)24-37(26-39)33-16-10-6-11-17-33/h5-21,24-31H,22-23H2,1-4H3. The topological polar surface area (TPSA) is 25.8 Å². The summed E-state index contributed by atoms with van der Waals surface area (Å²) < 4.78 is 15.7. The average Bonchev–Trinajstić information content (AvgIpc) is 3.17. The van der Waals surface area contributed by atoms with Crippen LogP contribution in [0.25, 0.3) is 67.3 Å². The second-order valence-electron chi connectivity index (χ2n) is 15.1. The van der Waals surface area contributed by atoms with Crippen LogP contribution in [0, 0.1) is 5.82 Å². The highest BCUT2D eigenvalue weighted by Crippen LogP contribution is 2.47. The largest absolute Gasteiger partial charge is 0.228 e. The summed E-state index contributed by atoms with van der Waals surface area (Å²) in [5.74, 6) is 0.303. The Labute approximate surface area is 300 Å². The predicted molar refractivity (Wildman–Crippen MR) is 210 cm³/mol. The molecule has 1 aromatic heterocycles. The van der Waals surface area contributed by atoms with Crippen LogP contribution in [-0.4, -0.2) is 9.97 Å². The number of benzene rings is 6. The Morgan fingerprint density at radius 1 is 0.392 bits per heavy atom. The third-order valence-electron chi connectivity index (χ3n) is 10.6. The van der Waals surface area contributed by atoms with Crippen LogP contribution in [0.3, 0.4) is 0 Å². The molecule has 0 aliphatic heterocycles. The summed E-state index contributed by atoms with van der Waals surface area (Å²) in [5.41, 5.74) is 13.2. The molecule has 1 heterocycles. The van der Waals surface area contributed by atoms with Crippen LogP contribution in [0.15, 0.2) is 152 Å². The van der Waals surface area contributed by atoms with Crippen molar-refractivity contribution in [3.8, 4) is 67.3 Å². The fourth-order valence-corrected chi connectivity index (χ4v) is 7.50. The molecule has 0 spiro atoms. The van der Waals surface area contributed by atoms with Gasteiger partial charge in [0.2, 0.25) is 0 Å². The van der Waals surface area contributed by atoms with Crippen molar-refractivity contribution in [1.82, 2.24) is 9.97 Å². The van der Waals surface area contributed by atoms with E-state index in [1.54, 1.807) is 12.1 Å². The Morgan fingerprint density at radius 2 is 0.824 bits per heavy atom. The van der Waals surface area contributed by atoms with E-state index in [2.05, 4.69) is 119 Å². The molecule has 51 heavy (non-hydrogen) atoms. The van der Waals surface area contributed by atoms with Crippen molar-refractivity contribution < 1.29 is 4.39 Å². The van der Waals surface area contributed by atoms with Crippen molar-refractivity contribution in [3.05, 3.63) is 169 Å². The van der Waals surface area contributed by atoms with Gasteiger partial charge in [-0.05, 0) is 111 Å². The summed E-state index contributed by atoms with van der Waals surface area (Å²) in [4.78, 5) is 10.2. The number of aromatic nitrogens is 2. The highest BCUT2D eigenvalue weighted by molar-refractivity contribution is 5.82. The summed E-state index contributed by atoms with van der Waals surface area (Å²) in [5, 5.41) is 0. The molecular formula is C48H41FN2. The molecule has 0 saturated carbocycles. The quantitative estimate of drug-likeness (QED) is 0.177. The van der Waals surface area contributed by atoms with Gasteiger partial charge in [-0.2, -0.15) is 0 Å². The first kappa shape index (κ1) is 32.5. The number of hydrogen-bond donors (Lipinski definition) is 0. The normalized spacial score (nSPS) is 14.5. The molecule has 0 unspecified atom stereocenters. The van der Waals surface area contributed by atoms with Crippen molar-refractivity contribution in [2.24, 2.45) is 0 Å². The van der Waals surface area contributed by atoms with E-state index in [4.69, 9.17) is 9.97 Å². The number of hydrogen-bond acceptors (Lipinski definition) is 2. The molecule has 0 radical (unpaired) electrons. The Hall–Kier alpha value is -5.67. The smallest absolute Gasteiger partial charge is 0.160 e. The monoisotopic (exact) mass is 664 g/mol. The number of rotatable bonds is 6. The van der Waals surface area contributed by atoms with Gasteiger partial charge in [-0.1, -0.05) is 137 Å². The lowest BCUT2D eigenvalue weighted by molar-refractivity contribution is 0.332. The highest BCUT2D eigenvalue weighted by Gasteiger charge is 2.37. The SMILES string of the molecule is CC1(C)CCC(C)(C)c2cc(-c3cc(F)cc(-c4cc(-c5cc(-c6ccccc6)cc(-c6ccccc6)c5)nc(-c5ccccc5)n4)c3)ccc21. The van der Waals surface area contributed by atoms with Gasteiger partial charge in [-0.3, -0.25) is 0 Å². The minimum atomic E-state index is -0.293. The lowest BCUT2D eigenvalue weighted by Gasteiger charge is -2.42. The molecule has 7 aromatic rings. The van der Waals surface area contributed by atoms with Crippen LogP contribution in [0.4, 0.5) is 4.39 Å². The van der Waals surface area contributed by atoms with Crippen molar-refractivity contribution in [2.75, 3.05) is 0 Å². The lowest BCUT2D eigenvalue weighted by atomic mass is 9.63. The first-order valence-corrected chi connectivity index (χ1v) is 17.8. The molecule has 0 saturated heterocycles. The van der Waals surface area contributed by atoms with Crippen LogP contribution in [-0.2, 0) is 10.8 Å². The lowest BCUT2D eigenvalue weighted by Crippen LogP contribution is -2.33. The zero-order valence-electron chi connectivity index (χ0n) is 29.6. The molecule has 6 aromatic carbocycles. The van der Waals surface area contributed by atoms with Gasteiger partial charge in [0.25, 0.3) is 0 Å². The zero-order valence-corrected chi connectivity index (χ0v) is 29.6. The fourth-order valence-electron chi connectivity index (χ4n) is 7.50. The van der Waals surface area contributed by atoms with E-state index >= 15 is 4.39 Å². The van der Waals surface area contributed by atoms with E-state index in [0.717, 1.165) is 63.0 Å². The first-order chi connectivity index (χ1) is 24.6. The molecule has 2 nitrogen and oxygen atoms in total. The molecule has 250 valence electrons. The minimum absolute atomic E-state index is 0.0516. The van der Waals surface area contributed by atoms with E-state index in [-0.39, 0.29) is 16.6 Å². The van der Waals surface area contributed by atoms with Crippen molar-refractivity contribution in [3.63, 3.8) is 0 Å². The van der Waals surface area contributed by atoms with Crippen LogP contribution in [0.5, 0.6) is 0 Å². The number of fused-ring (bicyclic) bond motifs is 1. The third kappa shape index (κ3) is 6.53. The van der Waals surface area contributed by atoms with Crippen molar-refractivity contribution in [2.45, 2.75) is 51.4 Å². The van der Waals surface area contributed by atoms with Crippen LogP contribution < -0.4 is 0 Å². The zero-order chi connectivity index (χ0) is 35.2. The molecule has 0 atom stereocenters. The van der Waals surface area contributed by atoms with E-state index in [1.807, 2.05) is 48.5 Å². The molecule has 0 N–H and O–H groups in total. The van der Waals surface area contributed by atoms with Gasteiger partial charge in [0.1, 0.15) is 5.82 Å². The van der Waals surface area contributed by atoms with Gasteiger partial charge in [0.15, 0.2) is 5.82 Å². The summed E-state index contributed by atoms with van der Waals surface area (Å²) in [6.45, 7) is 9.31. The summed E-state index contributed by atoms with van der Waals surface area (Å²) in [7, 11) is 0. The molecule has 1 aliphatic carbocycles. The predicted octanol–water partition coefficient (Wildman–Crippen LogP) is 13.0. The maximum Gasteiger partial charge on any atom is 0.160 e. The van der Waals surface area contributed by atoms with Gasteiger partial charge in [-0.15, -0.1) is 0 Å². The molecule has 0 amide bonds. The molecule has 0 fully saturated rings. The third-order valence-corrected chi connectivity index (χ3v) is 10.6. The maximum atomic E-state index is 15.7. The Bertz CT molecular complexity index is 2300. The molecule has 8 rings (SSSR count). The van der Waals surface area contributed by atoms with E-state index < -0.39 is 0 Å². The number of nitrogens with zero attached hydrogens (tertiary/aromatic N) is 2. The van der Waals surface area contributed by atoms with Gasteiger partial charge in [0, 0.05) is 16.7 Å².